The first-order valence-electron chi connectivity index (χ1n) is 8.74. The number of hydrogen-bond donors (Lipinski definition) is 1. The number of rotatable bonds is 5. The highest BCUT2D eigenvalue weighted by Gasteiger charge is 2.18. The summed E-state index contributed by atoms with van der Waals surface area (Å²) in [6.07, 6.45) is 1.96. The smallest absolute Gasteiger partial charge is 0.103 e. The first-order chi connectivity index (χ1) is 12.1. The van der Waals surface area contributed by atoms with Gasteiger partial charge in [0.15, 0.2) is 0 Å². The van der Waals surface area contributed by atoms with Crippen molar-refractivity contribution in [2.45, 2.75) is 6.54 Å². The molecule has 25 heavy (non-hydrogen) atoms. The lowest BCUT2D eigenvalue weighted by atomic mass is 10.2. The van der Waals surface area contributed by atoms with Gasteiger partial charge in [0.25, 0.3) is 0 Å². The minimum Gasteiger partial charge on any atom is -0.378 e. The first kappa shape index (κ1) is 17.8. The molecule has 4 nitrogen and oxygen atoms in total. The third-order valence-corrected chi connectivity index (χ3v) is 4.85. The van der Waals surface area contributed by atoms with E-state index >= 15 is 0 Å². The van der Waals surface area contributed by atoms with Gasteiger partial charge in [0, 0.05) is 30.4 Å². The van der Waals surface area contributed by atoms with Crippen LogP contribution in [0.1, 0.15) is 11.1 Å². The lowest BCUT2D eigenvalue weighted by Crippen LogP contribution is -3.13. The molecule has 2 aromatic rings. The Kier molecular flexibility index (Phi) is 5.95. The zero-order valence-electron chi connectivity index (χ0n) is 15.0. The molecule has 0 aliphatic carbocycles. The van der Waals surface area contributed by atoms with E-state index < -0.39 is 0 Å². The topological polar surface area (TPSA) is 23.3 Å². The van der Waals surface area contributed by atoms with Gasteiger partial charge in [-0.3, -0.25) is 5.01 Å². The van der Waals surface area contributed by atoms with E-state index in [1.165, 1.54) is 11.3 Å². The van der Waals surface area contributed by atoms with Gasteiger partial charge >= 0.3 is 0 Å². The fraction of sp³-hybridized carbons (Fsp3) is 0.350. The van der Waals surface area contributed by atoms with Crippen molar-refractivity contribution in [3.8, 4) is 0 Å². The molecule has 1 aliphatic rings. The molecule has 0 saturated carbocycles. The third-order valence-electron chi connectivity index (χ3n) is 4.59. The monoisotopic (exact) mass is 357 g/mol. The van der Waals surface area contributed by atoms with Crippen molar-refractivity contribution in [3.05, 3.63) is 64.7 Å². The van der Waals surface area contributed by atoms with E-state index in [1.54, 1.807) is 4.90 Å². The van der Waals surface area contributed by atoms with Crippen LogP contribution >= 0.6 is 11.6 Å². The summed E-state index contributed by atoms with van der Waals surface area (Å²) in [7, 11) is 4.10. The molecule has 2 aromatic carbocycles. The van der Waals surface area contributed by atoms with E-state index in [0.717, 1.165) is 43.3 Å². The summed E-state index contributed by atoms with van der Waals surface area (Å²) in [5.74, 6) is 0. The second-order valence-electron chi connectivity index (χ2n) is 6.74. The van der Waals surface area contributed by atoms with Crippen molar-refractivity contribution >= 4 is 23.5 Å². The summed E-state index contributed by atoms with van der Waals surface area (Å²) < 4.78 is 0. The first-order valence-corrected chi connectivity index (χ1v) is 9.12. The van der Waals surface area contributed by atoms with Crippen LogP contribution < -0.4 is 9.80 Å². The van der Waals surface area contributed by atoms with Crippen LogP contribution in [0.4, 0.5) is 5.69 Å². The van der Waals surface area contributed by atoms with Crippen LogP contribution in [-0.4, -0.2) is 51.5 Å². The Morgan fingerprint density at radius 2 is 1.68 bits per heavy atom. The Bertz CT molecular complexity index is 687. The predicted octanol–water partition coefficient (Wildman–Crippen LogP) is 2.14. The van der Waals surface area contributed by atoms with Gasteiger partial charge in [-0.2, -0.15) is 5.10 Å². The van der Waals surface area contributed by atoms with E-state index in [1.807, 2.05) is 18.3 Å². The molecule has 1 fully saturated rings. The number of nitrogens with one attached hydrogen (secondary N) is 1. The van der Waals surface area contributed by atoms with Gasteiger partial charge < -0.3 is 9.80 Å². The maximum atomic E-state index is 5.95. The number of anilines is 1. The fourth-order valence-electron chi connectivity index (χ4n) is 3.00. The van der Waals surface area contributed by atoms with Crippen LogP contribution in [-0.2, 0) is 6.54 Å². The average molecular weight is 358 g/mol. The van der Waals surface area contributed by atoms with Crippen molar-refractivity contribution in [1.82, 2.24) is 5.01 Å². The van der Waals surface area contributed by atoms with E-state index in [2.05, 4.69) is 65.5 Å². The molecule has 0 unspecified atom stereocenters. The average Bonchev–Trinajstić information content (AvgIpc) is 2.63. The Morgan fingerprint density at radius 3 is 2.28 bits per heavy atom. The normalized spacial score (nSPS) is 15.7. The van der Waals surface area contributed by atoms with Crippen molar-refractivity contribution in [1.29, 1.82) is 0 Å². The quantitative estimate of drug-likeness (QED) is 0.829. The maximum absolute atomic E-state index is 5.95. The van der Waals surface area contributed by atoms with Gasteiger partial charge in [0.1, 0.15) is 6.54 Å². The number of hydrazone groups is 1. The fourth-order valence-corrected chi connectivity index (χ4v) is 3.13. The summed E-state index contributed by atoms with van der Waals surface area (Å²) in [6.45, 7) is 5.27. The van der Waals surface area contributed by atoms with E-state index in [4.69, 9.17) is 11.6 Å². The van der Waals surface area contributed by atoms with E-state index in [-0.39, 0.29) is 0 Å². The van der Waals surface area contributed by atoms with Gasteiger partial charge in [-0.15, -0.1) is 0 Å². The molecule has 3 rings (SSSR count). The van der Waals surface area contributed by atoms with Gasteiger partial charge in [-0.1, -0.05) is 35.9 Å². The van der Waals surface area contributed by atoms with Crippen molar-refractivity contribution in [2.75, 3.05) is 45.2 Å². The van der Waals surface area contributed by atoms with Crippen LogP contribution in [0.5, 0.6) is 0 Å². The van der Waals surface area contributed by atoms with Crippen LogP contribution in [0.3, 0.4) is 0 Å². The molecule has 132 valence electrons. The molecular weight excluding hydrogens is 332 g/mol. The van der Waals surface area contributed by atoms with Crippen molar-refractivity contribution < 1.29 is 4.90 Å². The summed E-state index contributed by atoms with van der Waals surface area (Å²) >= 11 is 5.95. The molecule has 5 heteroatoms. The number of hydrogen-bond acceptors (Lipinski definition) is 3. The zero-order chi connectivity index (χ0) is 17.6. The molecule has 0 atom stereocenters. The molecule has 1 N–H and O–H groups in total. The molecule has 0 aromatic heterocycles. The second kappa shape index (κ2) is 8.37. The summed E-state index contributed by atoms with van der Waals surface area (Å²) in [6, 6.07) is 16.7. The second-order valence-corrected chi connectivity index (χ2v) is 7.17. The molecule has 0 radical (unpaired) electrons. The number of benzene rings is 2. The Morgan fingerprint density at radius 1 is 1.04 bits per heavy atom. The zero-order valence-corrected chi connectivity index (χ0v) is 15.7. The van der Waals surface area contributed by atoms with Gasteiger partial charge in [0.2, 0.25) is 0 Å². The van der Waals surface area contributed by atoms with Gasteiger partial charge in [-0.25, -0.2) is 0 Å². The van der Waals surface area contributed by atoms with Crippen LogP contribution in [0.15, 0.2) is 53.6 Å². The molecule has 1 heterocycles. The number of halogens is 1. The SMILES string of the molecule is CN(C)c1ccc(C=NN2CC[NH+](Cc3ccc(Cl)cc3)CC2)cc1. The summed E-state index contributed by atoms with van der Waals surface area (Å²) in [5, 5.41) is 7.62. The van der Waals surface area contributed by atoms with E-state index in [0.29, 0.717) is 0 Å². The molecule has 0 amide bonds. The van der Waals surface area contributed by atoms with Crippen molar-refractivity contribution in [2.24, 2.45) is 5.10 Å². The molecule has 0 spiro atoms. The largest absolute Gasteiger partial charge is 0.378 e. The Balaban J connectivity index is 1.47. The lowest BCUT2D eigenvalue weighted by molar-refractivity contribution is -0.918. The van der Waals surface area contributed by atoms with E-state index in [9.17, 15) is 0 Å². The third kappa shape index (κ3) is 5.21. The summed E-state index contributed by atoms with van der Waals surface area (Å²) in [5.41, 5.74) is 3.69. The Labute approximate surface area is 155 Å². The number of quaternary nitrogens is 1. The van der Waals surface area contributed by atoms with Crippen LogP contribution in [0.2, 0.25) is 5.02 Å². The minimum absolute atomic E-state index is 0.802. The number of piperazine rings is 1. The highest BCUT2D eigenvalue weighted by Crippen LogP contribution is 2.11. The highest BCUT2D eigenvalue weighted by atomic mass is 35.5. The van der Waals surface area contributed by atoms with Crippen LogP contribution in [0, 0.1) is 0 Å². The van der Waals surface area contributed by atoms with Crippen LogP contribution in [0.25, 0.3) is 0 Å². The Hall–Kier alpha value is -2.04. The minimum atomic E-state index is 0.802. The molecule has 1 saturated heterocycles. The van der Waals surface area contributed by atoms with Crippen molar-refractivity contribution in [3.63, 3.8) is 0 Å². The van der Waals surface area contributed by atoms with Gasteiger partial charge in [-0.05, 0) is 29.8 Å². The predicted molar refractivity (Wildman–Crippen MR) is 106 cm³/mol. The maximum Gasteiger partial charge on any atom is 0.103 e. The molecular formula is C20H26ClN4+. The van der Waals surface area contributed by atoms with Gasteiger partial charge in [0.05, 0.1) is 32.4 Å². The number of nitrogens with zero attached hydrogens (tertiary/aromatic N) is 3. The standard InChI is InChI=1S/C20H25ClN4/c1-23(2)20-9-5-17(6-10-20)15-22-25-13-11-24(12-14-25)16-18-3-7-19(21)8-4-18/h3-10,15H,11-14,16H2,1-2H3/p+1. The summed E-state index contributed by atoms with van der Waals surface area (Å²) in [4.78, 5) is 3.70. The molecule has 0 bridgehead atoms. The molecule has 1 aliphatic heterocycles. The lowest BCUT2D eigenvalue weighted by Gasteiger charge is -2.30. The highest BCUT2D eigenvalue weighted by molar-refractivity contribution is 6.30.